The van der Waals surface area contributed by atoms with Crippen LogP contribution in [-0.2, 0) is 0 Å². The average Bonchev–Trinajstić information content (AvgIpc) is 2.86. The summed E-state index contributed by atoms with van der Waals surface area (Å²) in [5.41, 5.74) is 6.91. The van der Waals surface area contributed by atoms with Gasteiger partial charge in [0.15, 0.2) is 0 Å². The Bertz CT molecular complexity index is 609. The number of benzene rings is 1. The van der Waals surface area contributed by atoms with Crippen molar-refractivity contribution >= 4 is 5.69 Å². The van der Waals surface area contributed by atoms with Crippen molar-refractivity contribution in [3.8, 4) is 11.5 Å². The van der Waals surface area contributed by atoms with Gasteiger partial charge in [-0.05, 0) is 25.0 Å². The lowest BCUT2D eigenvalue weighted by atomic mass is 10.1. The first kappa shape index (κ1) is 13.2. The Morgan fingerprint density at radius 1 is 1.47 bits per heavy atom. The first-order valence-corrected chi connectivity index (χ1v) is 5.87. The SMILES string of the molecule is CCC(N)c1nnc(-c2cc(C)ccc2[N+](=O)[O-])o1. The normalized spacial score (nSPS) is 12.4. The van der Waals surface area contributed by atoms with Gasteiger partial charge in [0.1, 0.15) is 5.56 Å². The molecule has 0 radical (unpaired) electrons. The van der Waals surface area contributed by atoms with Gasteiger partial charge < -0.3 is 10.2 Å². The summed E-state index contributed by atoms with van der Waals surface area (Å²) in [5, 5.41) is 18.7. The molecule has 0 bridgehead atoms. The van der Waals surface area contributed by atoms with Crippen LogP contribution in [-0.4, -0.2) is 15.1 Å². The van der Waals surface area contributed by atoms with Crippen LogP contribution in [0.3, 0.4) is 0 Å². The van der Waals surface area contributed by atoms with E-state index in [1.807, 2.05) is 13.8 Å². The van der Waals surface area contributed by atoms with Gasteiger partial charge in [0, 0.05) is 6.07 Å². The van der Waals surface area contributed by atoms with E-state index in [1.54, 1.807) is 12.1 Å². The molecule has 100 valence electrons. The highest BCUT2D eigenvalue weighted by Gasteiger charge is 2.21. The Morgan fingerprint density at radius 2 is 2.21 bits per heavy atom. The highest BCUT2D eigenvalue weighted by atomic mass is 16.6. The molecule has 0 aliphatic rings. The highest BCUT2D eigenvalue weighted by molar-refractivity contribution is 5.67. The fraction of sp³-hybridized carbons (Fsp3) is 0.333. The van der Waals surface area contributed by atoms with Gasteiger partial charge in [-0.2, -0.15) is 0 Å². The van der Waals surface area contributed by atoms with Crippen LogP contribution in [0, 0.1) is 17.0 Å². The lowest BCUT2D eigenvalue weighted by Crippen LogP contribution is -2.08. The molecule has 1 aromatic carbocycles. The number of hydrogen-bond donors (Lipinski definition) is 1. The first-order valence-electron chi connectivity index (χ1n) is 5.87. The van der Waals surface area contributed by atoms with Gasteiger partial charge in [-0.1, -0.05) is 13.0 Å². The maximum atomic E-state index is 11.0. The minimum atomic E-state index is -0.474. The van der Waals surface area contributed by atoms with Crippen molar-refractivity contribution in [3.63, 3.8) is 0 Å². The van der Waals surface area contributed by atoms with Crippen molar-refractivity contribution in [2.45, 2.75) is 26.3 Å². The zero-order chi connectivity index (χ0) is 14.0. The van der Waals surface area contributed by atoms with E-state index in [-0.39, 0.29) is 23.5 Å². The number of nitrogens with two attached hydrogens (primary N) is 1. The van der Waals surface area contributed by atoms with Crippen molar-refractivity contribution in [1.82, 2.24) is 10.2 Å². The van der Waals surface area contributed by atoms with E-state index in [1.165, 1.54) is 6.07 Å². The number of aryl methyl sites for hydroxylation is 1. The molecule has 1 heterocycles. The summed E-state index contributed by atoms with van der Waals surface area (Å²) in [6, 6.07) is 4.38. The van der Waals surface area contributed by atoms with Crippen molar-refractivity contribution < 1.29 is 9.34 Å². The minimum Gasteiger partial charge on any atom is -0.419 e. The van der Waals surface area contributed by atoms with E-state index in [0.717, 1.165) is 5.56 Å². The van der Waals surface area contributed by atoms with Crippen molar-refractivity contribution in [1.29, 1.82) is 0 Å². The molecule has 1 aromatic heterocycles. The molecule has 7 heteroatoms. The highest BCUT2D eigenvalue weighted by Crippen LogP contribution is 2.30. The molecule has 19 heavy (non-hydrogen) atoms. The van der Waals surface area contributed by atoms with Crippen LogP contribution in [0.15, 0.2) is 22.6 Å². The predicted octanol–water partition coefficient (Wildman–Crippen LogP) is 2.36. The maximum absolute atomic E-state index is 11.0. The second kappa shape index (κ2) is 5.15. The van der Waals surface area contributed by atoms with Crippen LogP contribution in [0.4, 0.5) is 5.69 Å². The quantitative estimate of drug-likeness (QED) is 0.669. The number of rotatable bonds is 4. The fourth-order valence-electron chi connectivity index (χ4n) is 1.65. The van der Waals surface area contributed by atoms with Crippen LogP contribution < -0.4 is 5.73 Å². The van der Waals surface area contributed by atoms with E-state index in [0.29, 0.717) is 12.0 Å². The van der Waals surface area contributed by atoms with Crippen molar-refractivity contribution in [3.05, 3.63) is 39.8 Å². The maximum Gasteiger partial charge on any atom is 0.282 e. The molecule has 1 unspecified atom stereocenters. The van der Waals surface area contributed by atoms with Crippen LogP contribution in [0.2, 0.25) is 0 Å². The van der Waals surface area contributed by atoms with E-state index in [4.69, 9.17) is 10.2 Å². The van der Waals surface area contributed by atoms with E-state index >= 15 is 0 Å². The van der Waals surface area contributed by atoms with Gasteiger partial charge in [-0.25, -0.2) is 0 Å². The van der Waals surface area contributed by atoms with Gasteiger partial charge >= 0.3 is 0 Å². The Hall–Kier alpha value is -2.28. The zero-order valence-electron chi connectivity index (χ0n) is 10.7. The topological polar surface area (TPSA) is 108 Å². The Kier molecular flexibility index (Phi) is 3.57. The summed E-state index contributed by atoms with van der Waals surface area (Å²) < 4.78 is 5.42. The monoisotopic (exact) mass is 262 g/mol. The summed E-state index contributed by atoms with van der Waals surface area (Å²) in [4.78, 5) is 10.5. The smallest absolute Gasteiger partial charge is 0.282 e. The third-order valence-electron chi connectivity index (χ3n) is 2.78. The number of aromatic nitrogens is 2. The molecule has 0 aliphatic heterocycles. The van der Waals surface area contributed by atoms with Gasteiger partial charge in [-0.3, -0.25) is 10.1 Å². The predicted molar refractivity (Wildman–Crippen MR) is 68.3 cm³/mol. The van der Waals surface area contributed by atoms with Crippen molar-refractivity contribution in [2.75, 3.05) is 0 Å². The molecule has 2 aromatic rings. The van der Waals surface area contributed by atoms with Gasteiger partial charge in [0.2, 0.25) is 5.89 Å². The summed E-state index contributed by atoms with van der Waals surface area (Å²) in [6.07, 6.45) is 0.650. The molecule has 2 rings (SSSR count). The van der Waals surface area contributed by atoms with Crippen LogP contribution in [0.25, 0.3) is 11.5 Å². The van der Waals surface area contributed by atoms with Crippen molar-refractivity contribution in [2.24, 2.45) is 5.73 Å². The minimum absolute atomic E-state index is 0.0640. The zero-order valence-corrected chi connectivity index (χ0v) is 10.7. The van der Waals surface area contributed by atoms with Gasteiger partial charge in [0.25, 0.3) is 11.6 Å². The standard InChI is InChI=1S/C12H14N4O3/c1-3-9(13)12-15-14-11(19-12)8-6-7(2)4-5-10(8)16(17)18/h4-6,9H,3,13H2,1-2H3. The van der Waals surface area contributed by atoms with Crippen LogP contribution in [0.5, 0.6) is 0 Å². The molecule has 1 atom stereocenters. The summed E-state index contributed by atoms with van der Waals surface area (Å²) in [6.45, 7) is 3.73. The molecule has 0 amide bonds. The molecule has 0 saturated carbocycles. The molecule has 0 spiro atoms. The number of nitro benzene ring substituents is 1. The Balaban J connectivity index is 2.49. The third-order valence-corrected chi connectivity index (χ3v) is 2.78. The van der Waals surface area contributed by atoms with E-state index in [9.17, 15) is 10.1 Å². The molecular weight excluding hydrogens is 248 g/mol. The molecular formula is C12H14N4O3. The van der Waals surface area contributed by atoms with Gasteiger partial charge in [-0.15, -0.1) is 10.2 Å². The van der Waals surface area contributed by atoms with Crippen LogP contribution >= 0.6 is 0 Å². The van der Waals surface area contributed by atoms with Gasteiger partial charge in [0.05, 0.1) is 11.0 Å². The molecule has 0 aliphatic carbocycles. The molecule has 0 saturated heterocycles. The third kappa shape index (κ3) is 2.60. The molecule has 0 fully saturated rings. The Morgan fingerprint density at radius 3 is 2.84 bits per heavy atom. The second-order valence-electron chi connectivity index (χ2n) is 4.24. The second-order valence-corrected chi connectivity index (χ2v) is 4.24. The fourth-order valence-corrected chi connectivity index (χ4v) is 1.65. The van der Waals surface area contributed by atoms with Crippen LogP contribution in [0.1, 0.15) is 30.8 Å². The first-order chi connectivity index (χ1) is 9.02. The number of nitro groups is 1. The number of hydrogen-bond acceptors (Lipinski definition) is 6. The lowest BCUT2D eigenvalue weighted by Gasteiger charge is -2.01. The molecule has 2 N–H and O–H groups in total. The largest absolute Gasteiger partial charge is 0.419 e. The lowest BCUT2D eigenvalue weighted by molar-refractivity contribution is -0.384. The average molecular weight is 262 g/mol. The summed E-state index contributed by atoms with van der Waals surface area (Å²) >= 11 is 0. The number of nitrogens with zero attached hydrogens (tertiary/aromatic N) is 3. The van der Waals surface area contributed by atoms with E-state index < -0.39 is 4.92 Å². The molecule has 7 nitrogen and oxygen atoms in total. The Labute approximate surface area is 109 Å². The summed E-state index contributed by atoms with van der Waals surface area (Å²) in [5.74, 6) is 0.405. The van der Waals surface area contributed by atoms with E-state index in [2.05, 4.69) is 10.2 Å². The summed E-state index contributed by atoms with van der Waals surface area (Å²) in [7, 11) is 0.